The molecule has 0 radical (unpaired) electrons. The first kappa shape index (κ1) is 12.0. The predicted octanol–water partition coefficient (Wildman–Crippen LogP) is 1.84. The Balaban J connectivity index is 2.04. The standard InChI is InChI=1S/C12H20O4/c1-5-7-13-11-10-9(8(6-2)14-11)15-12(3,4)16-10/h5,8-11H,1,6-7H2,2-4H3. The summed E-state index contributed by atoms with van der Waals surface area (Å²) in [7, 11) is 0. The van der Waals surface area contributed by atoms with Crippen molar-refractivity contribution in [3.63, 3.8) is 0 Å². The molecule has 2 aliphatic rings. The number of rotatable bonds is 4. The van der Waals surface area contributed by atoms with Crippen LogP contribution in [0.2, 0.25) is 0 Å². The molecule has 0 aliphatic carbocycles. The van der Waals surface area contributed by atoms with Crippen molar-refractivity contribution in [2.45, 2.75) is 57.6 Å². The fourth-order valence-corrected chi connectivity index (χ4v) is 2.27. The normalized spacial score (nSPS) is 40.9. The Hall–Kier alpha value is -0.420. The van der Waals surface area contributed by atoms with Crippen LogP contribution in [-0.4, -0.2) is 37.0 Å². The van der Waals surface area contributed by atoms with Gasteiger partial charge in [-0.1, -0.05) is 13.0 Å². The molecule has 2 rings (SSSR count). The molecule has 4 heteroatoms. The second-order valence-electron chi connectivity index (χ2n) is 4.64. The van der Waals surface area contributed by atoms with Crippen molar-refractivity contribution < 1.29 is 18.9 Å². The van der Waals surface area contributed by atoms with Gasteiger partial charge >= 0.3 is 0 Å². The summed E-state index contributed by atoms with van der Waals surface area (Å²) >= 11 is 0. The molecule has 0 N–H and O–H groups in total. The van der Waals surface area contributed by atoms with E-state index in [0.717, 1.165) is 6.42 Å². The van der Waals surface area contributed by atoms with Crippen LogP contribution >= 0.6 is 0 Å². The topological polar surface area (TPSA) is 36.9 Å². The Bertz CT molecular complexity index is 264. The largest absolute Gasteiger partial charge is 0.346 e. The lowest BCUT2D eigenvalue weighted by Gasteiger charge is -2.23. The van der Waals surface area contributed by atoms with Crippen molar-refractivity contribution in [2.24, 2.45) is 0 Å². The van der Waals surface area contributed by atoms with Crippen LogP contribution < -0.4 is 0 Å². The van der Waals surface area contributed by atoms with Crippen LogP contribution in [0.15, 0.2) is 12.7 Å². The predicted molar refractivity (Wildman–Crippen MR) is 58.9 cm³/mol. The smallest absolute Gasteiger partial charge is 0.187 e. The summed E-state index contributed by atoms with van der Waals surface area (Å²) in [6, 6.07) is 0. The molecule has 2 aliphatic heterocycles. The van der Waals surface area contributed by atoms with E-state index in [0.29, 0.717) is 6.61 Å². The molecule has 4 nitrogen and oxygen atoms in total. The molecule has 4 atom stereocenters. The lowest BCUT2D eigenvalue weighted by Crippen LogP contribution is -2.31. The van der Waals surface area contributed by atoms with Gasteiger partial charge < -0.3 is 18.9 Å². The van der Waals surface area contributed by atoms with Crippen molar-refractivity contribution >= 4 is 0 Å². The number of fused-ring (bicyclic) bond motifs is 1. The minimum atomic E-state index is -0.539. The zero-order valence-electron chi connectivity index (χ0n) is 10.1. The molecule has 0 spiro atoms. The van der Waals surface area contributed by atoms with Crippen LogP contribution in [0.25, 0.3) is 0 Å². The Labute approximate surface area is 96.5 Å². The van der Waals surface area contributed by atoms with Gasteiger partial charge in [-0.2, -0.15) is 0 Å². The van der Waals surface area contributed by atoms with E-state index < -0.39 is 5.79 Å². The monoisotopic (exact) mass is 228 g/mol. The van der Waals surface area contributed by atoms with Crippen LogP contribution in [0.4, 0.5) is 0 Å². The van der Waals surface area contributed by atoms with Crippen molar-refractivity contribution in [2.75, 3.05) is 6.61 Å². The van der Waals surface area contributed by atoms with Crippen molar-refractivity contribution in [3.05, 3.63) is 12.7 Å². The highest BCUT2D eigenvalue weighted by atomic mass is 16.8. The van der Waals surface area contributed by atoms with E-state index in [4.69, 9.17) is 18.9 Å². The third-order valence-electron chi connectivity index (χ3n) is 2.89. The number of hydrogen-bond donors (Lipinski definition) is 0. The van der Waals surface area contributed by atoms with Gasteiger partial charge in [-0.15, -0.1) is 6.58 Å². The van der Waals surface area contributed by atoms with Gasteiger partial charge in [-0.25, -0.2) is 0 Å². The molecule has 4 unspecified atom stereocenters. The van der Waals surface area contributed by atoms with Gasteiger partial charge in [0.1, 0.15) is 12.2 Å². The van der Waals surface area contributed by atoms with Gasteiger partial charge in [-0.3, -0.25) is 0 Å². The zero-order chi connectivity index (χ0) is 11.8. The molecule has 0 amide bonds. The summed E-state index contributed by atoms with van der Waals surface area (Å²) in [6.45, 7) is 10.0. The first-order valence-corrected chi connectivity index (χ1v) is 5.81. The molecule has 0 aromatic carbocycles. The van der Waals surface area contributed by atoms with E-state index in [9.17, 15) is 0 Å². The Morgan fingerprint density at radius 3 is 2.62 bits per heavy atom. The van der Waals surface area contributed by atoms with E-state index in [-0.39, 0.29) is 24.6 Å². The summed E-state index contributed by atoms with van der Waals surface area (Å²) in [4.78, 5) is 0. The van der Waals surface area contributed by atoms with Crippen molar-refractivity contribution in [1.82, 2.24) is 0 Å². The lowest BCUT2D eigenvalue weighted by atomic mass is 10.1. The Kier molecular flexibility index (Phi) is 3.35. The minimum absolute atomic E-state index is 0.0187. The Morgan fingerprint density at radius 2 is 2.00 bits per heavy atom. The van der Waals surface area contributed by atoms with Gasteiger partial charge in [0.15, 0.2) is 12.1 Å². The summed E-state index contributed by atoms with van der Waals surface area (Å²) in [6.07, 6.45) is 2.18. The Morgan fingerprint density at radius 1 is 1.31 bits per heavy atom. The zero-order valence-corrected chi connectivity index (χ0v) is 10.1. The minimum Gasteiger partial charge on any atom is -0.346 e. The van der Waals surface area contributed by atoms with E-state index in [1.807, 2.05) is 13.8 Å². The first-order valence-electron chi connectivity index (χ1n) is 5.81. The van der Waals surface area contributed by atoms with Crippen molar-refractivity contribution in [1.29, 1.82) is 0 Å². The summed E-state index contributed by atoms with van der Waals surface area (Å²) < 4.78 is 22.9. The van der Waals surface area contributed by atoms with Crippen LogP contribution in [0.5, 0.6) is 0 Å². The highest BCUT2D eigenvalue weighted by Gasteiger charge is 2.55. The van der Waals surface area contributed by atoms with Crippen LogP contribution in [0.1, 0.15) is 27.2 Å². The fraction of sp³-hybridized carbons (Fsp3) is 0.833. The molecule has 2 heterocycles. The maximum Gasteiger partial charge on any atom is 0.187 e. The molecule has 0 saturated carbocycles. The molecule has 16 heavy (non-hydrogen) atoms. The van der Waals surface area contributed by atoms with Crippen LogP contribution in [0, 0.1) is 0 Å². The second kappa shape index (κ2) is 4.45. The maximum absolute atomic E-state index is 5.83. The second-order valence-corrected chi connectivity index (χ2v) is 4.64. The molecule has 92 valence electrons. The SMILES string of the molecule is C=CCOC1OC(CC)C2OC(C)(C)OC12. The van der Waals surface area contributed by atoms with Gasteiger partial charge in [0.25, 0.3) is 0 Å². The molecule has 0 bridgehead atoms. The highest BCUT2D eigenvalue weighted by molar-refractivity contribution is 4.94. The van der Waals surface area contributed by atoms with Gasteiger partial charge in [0.2, 0.25) is 0 Å². The fourth-order valence-electron chi connectivity index (χ4n) is 2.27. The average molecular weight is 228 g/mol. The third kappa shape index (κ3) is 2.15. The van der Waals surface area contributed by atoms with E-state index in [1.54, 1.807) is 6.08 Å². The average Bonchev–Trinajstić information content (AvgIpc) is 2.69. The van der Waals surface area contributed by atoms with E-state index in [1.165, 1.54) is 0 Å². The first-order chi connectivity index (χ1) is 7.57. The highest BCUT2D eigenvalue weighted by Crippen LogP contribution is 2.39. The van der Waals surface area contributed by atoms with Crippen molar-refractivity contribution in [3.8, 4) is 0 Å². The number of ether oxygens (including phenoxy) is 4. The molecule has 0 aromatic heterocycles. The van der Waals surface area contributed by atoms with Gasteiger partial charge in [0, 0.05) is 0 Å². The van der Waals surface area contributed by atoms with Crippen LogP contribution in [0.3, 0.4) is 0 Å². The van der Waals surface area contributed by atoms with E-state index in [2.05, 4.69) is 13.5 Å². The molecule has 2 fully saturated rings. The molecule has 2 saturated heterocycles. The van der Waals surface area contributed by atoms with E-state index >= 15 is 0 Å². The lowest BCUT2D eigenvalue weighted by molar-refractivity contribution is -0.230. The van der Waals surface area contributed by atoms with Crippen LogP contribution in [-0.2, 0) is 18.9 Å². The summed E-state index contributed by atoms with van der Waals surface area (Å²) in [5.74, 6) is -0.539. The summed E-state index contributed by atoms with van der Waals surface area (Å²) in [5, 5.41) is 0. The molecular formula is C12H20O4. The molecule has 0 aromatic rings. The summed E-state index contributed by atoms with van der Waals surface area (Å²) in [5.41, 5.74) is 0. The maximum atomic E-state index is 5.83. The number of hydrogen-bond acceptors (Lipinski definition) is 4. The molecular weight excluding hydrogens is 208 g/mol. The third-order valence-corrected chi connectivity index (χ3v) is 2.89. The van der Waals surface area contributed by atoms with Gasteiger partial charge in [-0.05, 0) is 20.3 Å². The van der Waals surface area contributed by atoms with Gasteiger partial charge in [0.05, 0.1) is 12.7 Å². The quantitative estimate of drug-likeness (QED) is 0.688.